The van der Waals surface area contributed by atoms with Gasteiger partial charge in [0.05, 0.1) is 0 Å². The highest BCUT2D eigenvalue weighted by atomic mass is 16.3. The highest BCUT2D eigenvalue weighted by Gasteiger charge is 2.22. The Morgan fingerprint density at radius 2 is 1.52 bits per heavy atom. The van der Waals surface area contributed by atoms with E-state index in [1.54, 1.807) is 24.3 Å². The number of amides is 2. The number of carbonyl (C=O) groups excluding carboxylic acids is 2. The zero-order valence-electron chi connectivity index (χ0n) is 15.5. The van der Waals surface area contributed by atoms with Crippen molar-refractivity contribution in [3.05, 3.63) is 35.4 Å². The first-order valence-electron chi connectivity index (χ1n) is 9.08. The van der Waals surface area contributed by atoms with Crippen molar-refractivity contribution >= 4 is 11.8 Å². The maximum atomic E-state index is 12.3. The fourth-order valence-electron chi connectivity index (χ4n) is 2.98. The van der Waals surface area contributed by atoms with E-state index in [0.29, 0.717) is 23.6 Å². The maximum absolute atomic E-state index is 12.3. The lowest BCUT2D eigenvalue weighted by atomic mass is 9.86. The molecule has 2 amide bonds. The molecule has 1 fully saturated rings. The van der Waals surface area contributed by atoms with E-state index in [0.717, 1.165) is 25.7 Å². The average Bonchev–Trinajstić information content (AvgIpc) is 2.60. The van der Waals surface area contributed by atoms with Gasteiger partial charge in [0.15, 0.2) is 0 Å². The van der Waals surface area contributed by atoms with Gasteiger partial charge in [-0.2, -0.15) is 0 Å². The third-order valence-electron chi connectivity index (χ3n) is 4.63. The van der Waals surface area contributed by atoms with Gasteiger partial charge in [-0.25, -0.2) is 0 Å². The summed E-state index contributed by atoms with van der Waals surface area (Å²) in [6.07, 6.45) is 3.72. The molecule has 0 aliphatic heterocycles. The van der Waals surface area contributed by atoms with Crippen LogP contribution in [0.2, 0.25) is 0 Å². The number of benzene rings is 1. The van der Waals surface area contributed by atoms with E-state index < -0.39 is 0 Å². The van der Waals surface area contributed by atoms with Crippen LogP contribution in [0.1, 0.15) is 67.2 Å². The van der Waals surface area contributed by atoms with Gasteiger partial charge >= 0.3 is 0 Å². The molecule has 0 radical (unpaired) electrons. The summed E-state index contributed by atoms with van der Waals surface area (Å²) in [5.41, 5.74) is 1.16. The second-order valence-corrected chi connectivity index (χ2v) is 8.19. The zero-order chi connectivity index (χ0) is 18.4. The number of rotatable bonds is 5. The number of aliphatic hydroxyl groups excluding tert-OH is 1. The summed E-state index contributed by atoms with van der Waals surface area (Å²) in [6.45, 7) is 7.03. The van der Waals surface area contributed by atoms with Crippen LogP contribution in [-0.4, -0.2) is 36.1 Å². The molecule has 0 spiro atoms. The molecule has 25 heavy (non-hydrogen) atoms. The SMILES string of the molecule is CC(C)(C)CNC(=O)c1ccc(C(=O)NC2CCC(CO)CC2)cc1. The third-order valence-corrected chi connectivity index (χ3v) is 4.63. The largest absolute Gasteiger partial charge is 0.396 e. The minimum Gasteiger partial charge on any atom is -0.396 e. The number of aliphatic hydroxyl groups is 1. The topological polar surface area (TPSA) is 78.4 Å². The Kier molecular flexibility index (Phi) is 6.59. The molecule has 138 valence electrons. The van der Waals surface area contributed by atoms with Crippen molar-refractivity contribution in [3.63, 3.8) is 0 Å². The summed E-state index contributed by atoms with van der Waals surface area (Å²) in [6, 6.07) is 6.94. The molecule has 0 unspecified atom stereocenters. The smallest absolute Gasteiger partial charge is 0.251 e. The minimum absolute atomic E-state index is 0.0323. The van der Waals surface area contributed by atoms with E-state index in [4.69, 9.17) is 0 Å². The normalized spacial score (nSPS) is 20.8. The molecule has 0 bridgehead atoms. The van der Waals surface area contributed by atoms with Gasteiger partial charge in [-0.15, -0.1) is 0 Å². The summed E-state index contributed by atoms with van der Waals surface area (Å²) in [5.74, 6) is 0.150. The monoisotopic (exact) mass is 346 g/mol. The van der Waals surface area contributed by atoms with Crippen LogP contribution >= 0.6 is 0 Å². The molecule has 2 rings (SSSR count). The predicted octanol–water partition coefficient (Wildman–Crippen LogP) is 2.74. The van der Waals surface area contributed by atoms with Crippen LogP contribution < -0.4 is 10.6 Å². The minimum atomic E-state index is -0.121. The van der Waals surface area contributed by atoms with E-state index >= 15 is 0 Å². The Hall–Kier alpha value is -1.88. The summed E-state index contributed by atoms with van der Waals surface area (Å²) in [7, 11) is 0. The fourth-order valence-corrected chi connectivity index (χ4v) is 2.98. The van der Waals surface area contributed by atoms with E-state index in [1.165, 1.54) is 0 Å². The Morgan fingerprint density at radius 1 is 1.00 bits per heavy atom. The van der Waals surface area contributed by atoms with E-state index in [-0.39, 0.29) is 29.9 Å². The number of hydrogen-bond acceptors (Lipinski definition) is 3. The molecule has 1 saturated carbocycles. The van der Waals surface area contributed by atoms with E-state index in [9.17, 15) is 14.7 Å². The highest BCUT2D eigenvalue weighted by Crippen LogP contribution is 2.24. The van der Waals surface area contributed by atoms with Gasteiger partial charge in [-0.05, 0) is 61.3 Å². The van der Waals surface area contributed by atoms with Crippen molar-refractivity contribution in [2.75, 3.05) is 13.2 Å². The first-order valence-corrected chi connectivity index (χ1v) is 9.08. The van der Waals surface area contributed by atoms with Crippen LogP contribution in [0.25, 0.3) is 0 Å². The molecule has 3 N–H and O–H groups in total. The second kappa shape index (κ2) is 8.48. The van der Waals surface area contributed by atoms with Crippen molar-refractivity contribution in [2.45, 2.75) is 52.5 Å². The number of hydrogen-bond donors (Lipinski definition) is 3. The van der Waals surface area contributed by atoms with Gasteiger partial charge in [0, 0.05) is 30.3 Å². The van der Waals surface area contributed by atoms with Gasteiger partial charge in [-0.1, -0.05) is 20.8 Å². The molecule has 1 aliphatic carbocycles. The molecule has 1 aromatic rings. The number of nitrogens with one attached hydrogen (secondary N) is 2. The standard InChI is InChI=1S/C20H30N2O3/c1-20(2,3)13-21-18(24)15-6-8-16(9-7-15)19(25)22-17-10-4-14(12-23)5-11-17/h6-9,14,17,23H,4-5,10-13H2,1-3H3,(H,21,24)(H,22,25). The second-order valence-electron chi connectivity index (χ2n) is 8.19. The van der Waals surface area contributed by atoms with Crippen molar-refractivity contribution in [3.8, 4) is 0 Å². The van der Waals surface area contributed by atoms with Crippen LogP contribution in [0.15, 0.2) is 24.3 Å². The van der Waals surface area contributed by atoms with Crippen molar-refractivity contribution in [2.24, 2.45) is 11.3 Å². The summed E-state index contributed by atoms with van der Waals surface area (Å²) >= 11 is 0. The van der Waals surface area contributed by atoms with Gasteiger partial charge in [0.1, 0.15) is 0 Å². The summed E-state index contributed by atoms with van der Waals surface area (Å²) in [4.78, 5) is 24.5. The molecule has 0 atom stereocenters. The summed E-state index contributed by atoms with van der Waals surface area (Å²) in [5, 5.41) is 15.1. The maximum Gasteiger partial charge on any atom is 0.251 e. The lowest BCUT2D eigenvalue weighted by Crippen LogP contribution is -2.38. The first kappa shape index (κ1) is 19.4. The molecular weight excluding hydrogens is 316 g/mol. The Morgan fingerprint density at radius 3 is 2.00 bits per heavy atom. The lowest BCUT2D eigenvalue weighted by molar-refractivity contribution is 0.0909. The van der Waals surface area contributed by atoms with Crippen LogP contribution in [0.3, 0.4) is 0 Å². The van der Waals surface area contributed by atoms with Crippen LogP contribution in [-0.2, 0) is 0 Å². The molecule has 1 aromatic carbocycles. The molecular formula is C20H30N2O3. The Balaban J connectivity index is 1.86. The van der Waals surface area contributed by atoms with Crippen LogP contribution in [0.5, 0.6) is 0 Å². The van der Waals surface area contributed by atoms with Crippen LogP contribution in [0.4, 0.5) is 0 Å². The number of carbonyl (C=O) groups is 2. The van der Waals surface area contributed by atoms with Crippen molar-refractivity contribution in [1.82, 2.24) is 10.6 Å². The molecule has 0 heterocycles. The van der Waals surface area contributed by atoms with E-state index in [2.05, 4.69) is 31.4 Å². The van der Waals surface area contributed by atoms with Crippen molar-refractivity contribution in [1.29, 1.82) is 0 Å². The molecule has 0 saturated heterocycles. The van der Waals surface area contributed by atoms with E-state index in [1.807, 2.05) is 0 Å². The Bertz CT molecular complexity index is 582. The molecule has 5 heteroatoms. The van der Waals surface area contributed by atoms with Crippen molar-refractivity contribution < 1.29 is 14.7 Å². The lowest BCUT2D eigenvalue weighted by Gasteiger charge is -2.28. The third kappa shape index (κ3) is 6.16. The Labute approximate surface area is 150 Å². The molecule has 0 aromatic heterocycles. The summed E-state index contributed by atoms with van der Waals surface area (Å²) < 4.78 is 0. The zero-order valence-corrected chi connectivity index (χ0v) is 15.5. The van der Waals surface area contributed by atoms with Gasteiger partial charge in [0.25, 0.3) is 11.8 Å². The van der Waals surface area contributed by atoms with Gasteiger partial charge < -0.3 is 15.7 Å². The molecule has 1 aliphatic rings. The average molecular weight is 346 g/mol. The molecule has 5 nitrogen and oxygen atoms in total. The highest BCUT2D eigenvalue weighted by molar-refractivity contribution is 5.97. The van der Waals surface area contributed by atoms with Crippen LogP contribution in [0, 0.1) is 11.3 Å². The fraction of sp³-hybridized carbons (Fsp3) is 0.600. The predicted molar refractivity (Wildman–Crippen MR) is 98.5 cm³/mol. The van der Waals surface area contributed by atoms with Gasteiger partial charge in [-0.3, -0.25) is 9.59 Å². The first-order chi connectivity index (χ1) is 11.8. The van der Waals surface area contributed by atoms with Gasteiger partial charge in [0.2, 0.25) is 0 Å². The quantitative estimate of drug-likeness (QED) is 0.767.